The van der Waals surface area contributed by atoms with Crippen molar-refractivity contribution in [1.29, 1.82) is 0 Å². The van der Waals surface area contributed by atoms with Gasteiger partial charge in [-0.3, -0.25) is 0 Å². The fraction of sp³-hybridized carbons (Fsp3) is 0.0625. The first kappa shape index (κ1) is 16.7. The highest BCUT2D eigenvalue weighted by atomic mass is 35.5. The van der Waals surface area contributed by atoms with E-state index in [0.29, 0.717) is 0 Å². The minimum Gasteiger partial charge on any atom is -0.453 e. The van der Waals surface area contributed by atoms with E-state index in [1.165, 1.54) is 18.2 Å². The van der Waals surface area contributed by atoms with Gasteiger partial charge >= 0.3 is 11.8 Å². The SMILES string of the molecule is O=c1cc(Oc2c(Cl)cccc2Cl)c2c(C(F)(F)F)cccc2o1. The van der Waals surface area contributed by atoms with Crippen LogP contribution in [0.5, 0.6) is 11.5 Å². The van der Waals surface area contributed by atoms with E-state index < -0.39 is 17.4 Å². The molecule has 24 heavy (non-hydrogen) atoms. The molecule has 0 saturated carbocycles. The lowest BCUT2D eigenvalue weighted by Gasteiger charge is -2.14. The Balaban J connectivity index is 2.30. The van der Waals surface area contributed by atoms with Gasteiger partial charge < -0.3 is 9.15 Å². The van der Waals surface area contributed by atoms with Crippen molar-refractivity contribution in [1.82, 2.24) is 0 Å². The smallest absolute Gasteiger partial charge is 0.417 e. The number of para-hydroxylation sites is 1. The molecule has 1 aromatic heterocycles. The van der Waals surface area contributed by atoms with Crippen LogP contribution in [0.2, 0.25) is 10.0 Å². The fourth-order valence-electron chi connectivity index (χ4n) is 2.19. The lowest BCUT2D eigenvalue weighted by atomic mass is 10.1. The molecule has 0 fully saturated rings. The predicted octanol–water partition coefficient (Wildman–Crippen LogP) is 5.91. The summed E-state index contributed by atoms with van der Waals surface area (Å²) in [6.07, 6.45) is -4.66. The monoisotopic (exact) mass is 374 g/mol. The van der Waals surface area contributed by atoms with Gasteiger partial charge in [-0.2, -0.15) is 13.2 Å². The minimum absolute atomic E-state index is 0.0512. The predicted molar refractivity (Wildman–Crippen MR) is 84.0 cm³/mol. The number of alkyl halides is 3. The second-order valence-electron chi connectivity index (χ2n) is 4.76. The van der Waals surface area contributed by atoms with Crippen LogP contribution in [0.3, 0.4) is 0 Å². The normalized spacial score (nSPS) is 11.7. The van der Waals surface area contributed by atoms with Gasteiger partial charge in [0.05, 0.1) is 27.1 Å². The van der Waals surface area contributed by atoms with E-state index in [2.05, 4.69) is 0 Å². The molecule has 2 aromatic carbocycles. The average molecular weight is 375 g/mol. The second kappa shape index (κ2) is 6.03. The Morgan fingerprint density at radius 1 is 1.00 bits per heavy atom. The number of rotatable bonds is 2. The van der Waals surface area contributed by atoms with Gasteiger partial charge in [-0.15, -0.1) is 0 Å². The Morgan fingerprint density at radius 3 is 2.25 bits per heavy atom. The zero-order chi connectivity index (χ0) is 17.5. The summed E-state index contributed by atoms with van der Waals surface area (Å²) in [4.78, 5) is 11.6. The summed E-state index contributed by atoms with van der Waals surface area (Å²) in [6.45, 7) is 0. The molecule has 0 N–H and O–H groups in total. The van der Waals surface area contributed by atoms with E-state index in [4.69, 9.17) is 32.4 Å². The van der Waals surface area contributed by atoms with E-state index in [1.54, 1.807) is 6.07 Å². The van der Waals surface area contributed by atoms with E-state index in [-0.39, 0.29) is 32.5 Å². The Morgan fingerprint density at radius 2 is 1.62 bits per heavy atom. The molecule has 0 spiro atoms. The van der Waals surface area contributed by atoms with Crippen LogP contribution in [-0.2, 0) is 6.18 Å². The lowest BCUT2D eigenvalue weighted by molar-refractivity contribution is -0.136. The van der Waals surface area contributed by atoms with Crippen molar-refractivity contribution in [2.75, 3.05) is 0 Å². The van der Waals surface area contributed by atoms with Crippen LogP contribution in [0.4, 0.5) is 13.2 Å². The maximum atomic E-state index is 13.3. The van der Waals surface area contributed by atoms with Crippen LogP contribution in [-0.4, -0.2) is 0 Å². The van der Waals surface area contributed by atoms with Gasteiger partial charge in [-0.25, -0.2) is 4.79 Å². The number of halogens is 5. The molecule has 0 unspecified atom stereocenters. The molecule has 0 aliphatic carbocycles. The third kappa shape index (κ3) is 3.07. The molecule has 1 heterocycles. The summed E-state index contributed by atoms with van der Waals surface area (Å²) in [6, 6.07) is 8.53. The van der Waals surface area contributed by atoms with Crippen LogP contribution in [0.25, 0.3) is 11.0 Å². The third-order valence-electron chi connectivity index (χ3n) is 3.17. The van der Waals surface area contributed by atoms with Crippen LogP contribution in [0, 0.1) is 0 Å². The van der Waals surface area contributed by atoms with E-state index >= 15 is 0 Å². The zero-order valence-electron chi connectivity index (χ0n) is 11.7. The van der Waals surface area contributed by atoms with Gasteiger partial charge in [-0.1, -0.05) is 35.3 Å². The standard InChI is InChI=1S/C16H7Cl2F3O3/c17-9-4-2-5-10(18)15(9)24-12-7-13(22)23-11-6-1-3-8(14(11)12)16(19,20)21/h1-7H. The van der Waals surface area contributed by atoms with Crippen molar-refractivity contribution in [2.24, 2.45) is 0 Å². The summed E-state index contributed by atoms with van der Waals surface area (Å²) in [5.41, 5.74) is -2.11. The lowest BCUT2D eigenvalue weighted by Crippen LogP contribution is -2.08. The molecule has 3 rings (SSSR count). The summed E-state index contributed by atoms with van der Waals surface area (Å²) < 4.78 is 50.1. The fourth-order valence-corrected chi connectivity index (χ4v) is 2.67. The molecular formula is C16H7Cl2F3O3. The molecule has 0 atom stereocenters. The van der Waals surface area contributed by atoms with Crippen molar-refractivity contribution in [3.63, 3.8) is 0 Å². The molecule has 0 bridgehead atoms. The van der Waals surface area contributed by atoms with Gasteiger partial charge in [0.25, 0.3) is 0 Å². The Hall–Kier alpha value is -2.18. The highest BCUT2D eigenvalue weighted by Gasteiger charge is 2.34. The number of hydrogen-bond acceptors (Lipinski definition) is 3. The van der Waals surface area contributed by atoms with Gasteiger partial charge in [0.15, 0.2) is 5.75 Å². The first-order valence-corrected chi connectivity index (χ1v) is 7.29. The van der Waals surface area contributed by atoms with Crippen LogP contribution < -0.4 is 10.4 Å². The molecule has 0 aliphatic heterocycles. The summed E-state index contributed by atoms with van der Waals surface area (Å²) in [5, 5.41) is -0.206. The molecule has 0 saturated heterocycles. The maximum Gasteiger partial charge on any atom is 0.417 e. The van der Waals surface area contributed by atoms with Crippen LogP contribution in [0.15, 0.2) is 51.7 Å². The summed E-state index contributed by atoms with van der Waals surface area (Å²) >= 11 is 11.9. The zero-order valence-corrected chi connectivity index (χ0v) is 13.2. The molecule has 0 radical (unpaired) electrons. The van der Waals surface area contributed by atoms with Crippen molar-refractivity contribution < 1.29 is 22.3 Å². The Bertz CT molecular complexity index is 960. The van der Waals surface area contributed by atoms with E-state index in [0.717, 1.165) is 18.2 Å². The topological polar surface area (TPSA) is 39.4 Å². The quantitative estimate of drug-likeness (QED) is 0.523. The molecule has 0 aliphatic rings. The van der Waals surface area contributed by atoms with E-state index in [9.17, 15) is 18.0 Å². The molecular weight excluding hydrogens is 368 g/mol. The number of ether oxygens (including phenoxy) is 1. The molecule has 8 heteroatoms. The van der Waals surface area contributed by atoms with Crippen molar-refractivity contribution in [2.45, 2.75) is 6.18 Å². The average Bonchev–Trinajstić information content (AvgIpc) is 2.49. The Labute approximate surface area is 143 Å². The largest absolute Gasteiger partial charge is 0.453 e. The molecule has 3 nitrogen and oxygen atoms in total. The molecule has 124 valence electrons. The first-order valence-electron chi connectivity index (χ1n) is 6.53. The van der Waals surface area contributed by atoms with Crippen molar-refractivity contribution >= 4 is 34.2 Å². The summed E-state index contributed by atoms with van der Waals surface area (Å²) in [7, 11) is 0. The van der Waals surface area contributed by atoms with Gasteiger partial charge in [-0.05, 0) is 24.3 Å². The van der Waals surface area contributed by atoms with Gasteiger partial charge in [0, 0.05) is 0 Å². The molecule has 0 amide bonds. The first-order chi connectivity index (χ1) is 11.3. The number of benzene rings is 2. The highest BCUT2D eigenvalue weighted by molar-refractivity contribution is 6.37. The Kier molecular flexibility index (Phi) is 4.19. The van der Waals surface area contributed by atoms with Gasteiger partial charge in [0.1, 0.15) is 11.3 Å². The van der Waals surface area contributed by atoms with Crippen molar-refractivity contribution in [3.8, 4) is 11.5 Å². The van der Waals surface area contributed by atoms with Crippen LogP contribution >= 0.6 is 23.2 Å². The molecule has 3 aromatic rings. The van der Waals surface area contributed by atoms with Crippen LogP contribution in [0.1, 0.15) is 5.56 Å². The second-order valence-corrected chi connectivity index (χ2v) is 5.57. The van der Waals surface area contributed by atoms with E-state index in [1.807, 2.05) is 0 Å². The minimum atomic E-state index is -4.66. The van der Waals surface area contributed by atoms with Gasteiger partial charge in [0.2, 0.25) is 0 Å². The third-order valence-corrected chi connectivity index (χ3v) is 3.76. The van der Waals surface area contributed by atoms with Crippen molar-refractivity contribution in [3.05, 3.63) is 68.5 Å². The number of hydrogen-bond donors (Lipinski definition) is 0. The maximum absolute atomic E-state index is 13.3. The summed E-state index contributed by atoms with van der Waals surface area (Å²) in [5.74, 6) is -0.395. The highest BCUT2D eigenvalue weighted by Crippen LogP contribution is 2.42. The number of fused-ring (bicyclic) bond motifs is 1.